The summed E-state index contributed by atoms with van der Waals surface area (Å²) >= 11 is 1.45. The van der Waals surface area contributed by atoms with Gasteiger partial charge in [0.05, 0.1) is 11.3 Å². The first-order valence-corrected chi connectivity index (χ1v) is 12.3. The highest BCUT2D eigenvalue weighted by Gasteiger charge is 2.17. The van der Waals surface area contributed by atoms with Crippen LogP contribution < -0.4 is 5.56 Å². The van der Waals surface area contributed by atoms with Crippen molar-refractivity contribution in [2.45, 2.75) is 70.8 Å². The van der Waals surface area contributed by atoms with Crippen molar-refractivity contribution in [2.24, 2.45) is 5.92 Å². The molecule has 0 atom stereocenters. The smallest absolute Gasteiger partial charge is 0.278 e. The SMILES string of the molecule is Cc1cc2nc(SCc3nc(-c4ccc(C(C)(C)C)cc4)no3)n(CCC(C)C)c(=O)c2[nH]1. The lowest BCUT2D eigenvalue weighted by atomic mass is 9.87. The van der Waals surface area contributed by atoms with E-state index in [0.717, 1.165) is 17.7 Å². The van der Waals surface area contributed by atoms with E-state index in [1.807, 2.05) is 25.1 Å². The van der Waals surface area contributed by atoms with Gasteiger partial charge in [0, 0.05) is 17.8 Å². The van der Waals surface area contributed by atoms with Crippen molar-refractivity contribution in [1.29, 1.82) is 0 Å². The van der Waals surface area contributed by atoms with Gasteiger partial charge in [0.25, 0.3) is 5.56 Å². The van der Waals surface area contributed by atoms with Gasteiger partial charge >= 0.3 is 0 Å². The van der Waals surface area contributed by atoms with Gasteiger partial charge in [-0.3, -0.25) is 9.36 Å². The zero-order valence-electron chi connectivity index (χ0n) is 20.1. The Kier molecular flexibility index (Phi) is 6.47. The molecular weight excluding hydrogens is 434 g/mol. The highest BCUT2D eigenvalue weighted by molar-refractivity contribution is 7.98. The van der Waals surface area contributed by atoms with Crippen LogP contribution in [0.2, 0.25) is 0 Å². The van der Waals surface area contributed by atoms with Crippen molar-refractivity contribution in [3.05, 3.63) is 57.8 Å². The van der Waals surface area contributed by atoms with Crippen LogP contribution in [-0.2, 0) is 17.7 Å². The maximum Gasteiger partial charge on any atom is 0.278 e. The van der Waals surface area contributed by atoms with Crippen molar-refractivity contribution in [3.63, 3.8) is 0 Å². The van der Waals surface area contributed by atoms with E-state index < -0.39 is 0 Å². The molecule has 33 heavy (non-hydrogen) atoms. The Balaban J connectivity index is 1.55. The van der Waals surface area contributed by atoms with Crippen LogP contribution in [0.15, 0.2) is 44.8 Å². The zero-order chi connectivity index (χ0) is 23.8. The molecule has 4 rings (SSSR count). The predicted molar refractivity (Wildman–Crippen MR) is 133 cm³/mol. The second kappa shape index (κ2) is 9.17. The average molecular weight is 466 g/mol. The second-order valence-electron chi connectivity index (χ2n) is 9.87. The number of fused-ring (bicyclic) bond motifs is 1. The van der Waals surface area contributed by atoms with Crippen molar-refractivity contribution >= 4 is 22.8 Å². The van der Waals surface area contributed by atoms with E-state index in [4.69, 9.17) is 9.51 Å². The van der Waals surface area contributed by atoms with E-state index in [1.54, 1.807) is 4.57 Å². The van der Waals surface area contributed by atoms with Crippen LogP contribution in [0.3, 0.4) is 0 Å². The third-order valence-corrected chi connectivity index (χ3v) is 6.53. The van der Waals surface area contributed by atoms with Gasteiger partial charge in [0.1, 0.15) is 5.52 Å². The topological polar surface area (TPSA) is 89.6 Å². The van der Waals surface area contributed by atoms with Crippen LogP contribution in [-0.4, -0.2) is 24.7 Å². The standard InChI is InChI=1S/C25H31N5O2S/c1-15(2)11-12-30-23(31)21-19(13-16(3)26-21)27-24(30)33-14-20-28-22(29-32-20)17-7-9-18(10-8-17)25(4,5)6/h7-10,13,15,26H,11-12,14H2,1-6H3. The van der Waals surface area contributed by atoms with E-state index in [-0.39, 0.29) is 11.0 Å². The van der Waals surface area contributed by atoms with Crippen LogP contribution in [0.1, 0.15) is 58.2 Å². The molecule has 174 valence electrons. The Morgan fingerprint density at radius 3 is 2.55 bits per heavy atom. The number of hydrogen-bond acceptors (Lipinski definition) is 6. The number of benzene rings is 1. The molecule has 0 radical (unpaired) electrons. The van der Waals surface area contributed by atoms with E-state index in [9.17, 15) is 4.79 Å². The number of aromatic amines is 1. The van der Waals surface area contributed by atoms with Crippen molar-refractivity contribution < 1.29 is 4.52 Å². The van der Waals surface area contributed by atoms with Crippen LogP contribution in [0, 0.1) is 12.8 Å². The van der Waals surface area contributed by atoms with Gasteiger partial charge in [-0.05, 0) is 36.3 Å². The Morgan fingerprint density at radius 1 is 1.15 bits per heavy atom. The Bertz CT molecular complexity index is 1310. The molecular formula is C25H31N5O2S. The van der Waals surface area contributed by atoms with Crippen LogP contribution in [0.25, 0.3) is 22.4 Å². The molecule has 0 bridgehead atoms. The fourth-order valence-electron chi connectivity index (χ4n) is 3.58. The summed E-state index contributed by atoms with van der Waals surface area (Å²) in [4.78, 5) is 25.6. The molecule has 1 N–H and O–H groups in total. The number of nitrogens with one attached hydrogen (secondary N) is 1. The number of aromatic nitrogens is 5. The lowest BCUT2D eigenvalue weighted by Crippen LogP contribution is -2.24. The number of aryl methyl sites for hydroxylation is 1. The molecule has 3 heterocycles. The van der Waals surface area contributed by atoms with E-state index >= 15 is 0 Å². The van der Waals surface area contributed by atoms with Crippen LogP contribution in [0.5, 0.6) is 0 Å². The Hall–Kier alpha value is -2.87. The summed E-state index contributed by atoms with van der Waals surface area (Å²) in [5.74, 6) is 1.99. The lowest BCUT2D eigenvalue weighted by Gasteiger charge is -2.18. The maximum atomic E-state index is 13.1. The van der Waals surface area contributed by atoms with Crippen molar-refractivity contribution in [2.75, 3.05) is 0 Å². The highest BCUT2D eigenvalue weighted by Crippen LogP contribution is 2.27. The van der Waals surface area contributed by atoms with Gasteiger partial charge < -0.3 is 9.51 Å². The molecule has 0 aliphatic rings. The summed E-state index contributed by atoms with van der Waals surface area (Å²) < 4.78 is 7.25. The normalized spacial score (nSPS) is 12.2. The van der Waals surface area contributed by atoms with E-state index in [1.165, 1.54) is 17.3 Å². The molecule has 8 heteroatoms. The minimum atomic E-state index is -0.0404. The lowest BCUT2D eigenvalue weighted by molar-refractivity contribution is 0.391. The molecule has 1 aromatic carbocycles. The molecule has 0 fully saturated rings. The summed E-state index contributed by atoms with van der Waals surface area (Å²) in [6, 6.07) is 10.2. The van der Waals surface area contributed by atoms with E-state index in [0.29, 0.717) is 46.1 Å². The fourth-order valence-corrected chi connectivity index (χ4v) is 4.44. The monoisotopic (exact) mass is 465 g/mol. The third-order valence-electron chi connectivity index (χ3n) is 5.57. The zero-order valence-corrected chi connectivity index (χ0v) is 20.9. The number of hydrogen-bond donors (Lipinski definition) is 1. The van der Waals surface area contributed by atoms with Crippen LogP contribution in [0.4, 0.5) is 0 Å². The minimum absolute atomic E-state index is 0.0404. The molecule has 0 saturated heterocycles. The predicted octanol–water partition coefficient (Wildman–Crippen LogP) is 5.72. The minimum Gasteiger partial charge on any atom is -0.353 e. The van der Waals surface area contributed by atoms with Gasteiger partial charge in [-0.25, -0.2) is 4.98 Å². The Labute approximate surface area is 198 Å². The third kappa shape index (κ3) is 5.21. The largest absolute Gasteiger partial charge is 0.353 e. The number of thioether (sulfide) groups is 1. The molecule has 3 aromatic heterocycles. The first-order chi connectivity index (χ1) is 15.6. The average Bonchev–Trinajstić information content (AvgIpc) is 3.37. The molecule has 7 nitrogen and oxygen atoms in total. The van der Waals surface area contributed by atoms with Crippen LogP contribution >= 0.6 is 11.8 Å². The molecule has 0 spiro atoms. The molecule has 0 amide bonds. The van der Waals surface area contributed by atoms with Gasteiger partial charge in [-0.15, -0.1) is 0 Å². The summed E-state index contributed by atoms with van der Waals surface area (Å²) in [5, 5.41) is 4.82. The number of rotatable bonds is 7. The first kappa shape index (κ1) is 23.3. The summed E-state index contributed by atoms with van der Waals surface area (Å²) in [6.45, 7) is 13.4. The van der Waals surface area contributed by atoms with E-state index in [2.05, 4.69) is 61.9 Å². The number of nitrogens with zero attached hydrogens (tertiary/aromatic N) is 4. The molecule has 0 aliphatic heterocycles. The Morgan fingerprint density at radius 2 is 1.88 bits per heavy atom. The maximum absolute atomic E-state index is 13.1. The van der Waals surface area contributed by atoms with Gasteiger partial charge in [0.2, 0.25) is 11.7 Å². The summed E-state index contributed by atoms with van der Waals surface area (Å²) in [5.41, 5.74) is 4.39. The fraction of sp³-hybridized carbons (Fsp3) is 0.440. The first-order valence-electron chi connectivity index (χ1n) is 11.3. The second-order valence-corrected chi connectivity index (χ2v) is 10.8. The van der Waals surface area contributed by atoms with Gasteiger partial charge in [0.15, 0.2) is 5.16 Å². The van der Waals surface area contributed by atoms with Crippen molar-refractivity contribution in [3.8, 4) is 11.4 Å². The molecule has 0 aliphatic carbocycles. The molecule has 0 saturated carbocycles. The quantitative estimate of drug-likeness (QED) is 0.277. The van der Waals surface area contributed by atoms with Crippen molar-refractivity contribution in [1.82, 2.24) is 24.7 Å². The highest BCUT2D eigenvalue weighted by atomic mass is 32.2. The molecule has 0 unspecified atom stereocenters. The number of H-pyrrole nitrogens is 1. The molecule has 4 aromatic rings. The summed E-state index contributed by atoms with van der Waals surface area (Å²) in [7, 11) is 0. The summed E-state index contributed by atoms with van der Waals surface area (Å²) in [6.07, 6.45) is 0.898. The van der Waals surface area contributed by atoms with Gasteiger partial charge in [-0.1, -0.05) is 75.8 Å². The van der Waals surface area contributed by atoms with Gasteiger partial charge in [-0.2, -0.15) is 4.98 Å².